The van der Waals surface area contributed by atoms with Gasteiger partial charge in [-0.1, -0.05) is 13.8 Å². The van der Waals surface area contributed by atoms with Crippen LogP contribution in [0.5, 0.6) is 0 Å². The zero-order chi connectivity index (χ0) is 10.4. The van der Waals surface area contributed by atoms with Gasteiger partial charge in [0, 0.05) is 11.4 Å². The smallest absolute Gasteiger partial charge is 0.0797 e. The fraction of sp³-hybridized carbons (Fsp3) is 0.700. The third-order valence-corrected chi connectivity index (χ3v) is 2.81. The molecule has 0 fully saturated rings. The summed E-state index contributed by atoms with van der Waals surface area (Å²) in [4.78, 5) is 10.8. The van der Waals surface area contributed by atoms with E-state index in [0.717, 1.165) is 25.3 Å². The van der Waals surface area contributed by atoms with Gasteiger partial charge in [0.05, 0.1) is 17.8 Å². The molecule has 4 heteroatoms. The normalized spacial score (nSPS) is 11.1. The van der Waals surface area contributed by atoms with Gasteiger partial charge in [0.25, 0.3) is 0 Å². The van der Waals surface area contributed by atoms with Crippen molar-refractivity contribution in [2.45, 2.75) is 27.2 Å². The Morgan fingerprint density at radius 1 is 1.57 bits per heavy atom. The molecule has 0 aromatic carbocycles. The highest BCUT2D eigenvalue weighted by atomic mass is 32.1. The molecule has 0 saturated carbocycles. The molecule has 0 spiro atoms. The molecular formula is C10H18N2OS. The molecule has 1 aromatic heterocycles. The Bertz CT molecular complexity index is 260. The summed E-state index contributed by atoms with van der Waals surface area (Å²) in [5.74, 6) is 0.577. The molecule has 0 aliphatic carbocycles. The molecule has 1 rings (SSSR count). The van der Waals surface area contributed by atoms with Gasteiger partial charge < -0.3 is 4.84 Å². The second kappa shape index (κ2) is 6.11. The minimum atomic E-state index is 0.577. The van der Waals surface area contributed by atoms with Gasteiger partial charge in [-0.3, -0.25) is 0 Å². The molecule has 3 nitrogen and oxygen atoms in total. The molecular weight excluding hydrogens is 196 g/mol. The van der Waals surface area contributed by atoms with Crippen molar-refractivity contribution < 1.29 is 4.84 Å². The Balaban J connectivity index is 2.08. The van der Waals surface area contributed by atoms with Crippen LogP contribution in [0.1, 0.15) is 24.4 Å². The van der Waals surface area contributed by atoms with Crippen LogP contribution < -0.4 is 5.48 Å². The van der Waals surface area contributed by atoms with Gasteiger partial charge in [-0.25, -0.2) is 10.5 Å². The number of hydrogen-bond donors (Lipinski definition) is 1. The van der Waals surface area contributed by atoms with Gasteiger partial charge in [0.15, 0.2) is 0 Å². The van der Waals surface area contributed by atoms with Gasteiger partial charge in [-0.2, -0.15) is 0 Å². The SMILES string of the molecule is Cc1ncsc1CCNOCC(C)C. The van der Waals surface area contributed by atoms with Gasteiger partial charge in [-0.15, -0.1) is 11.3 Å². The number of aromatic nitrogens is 1. The second-order valence-electron chi connectivity index (χ2n) is 3.71. The Labute approximate surface area is 89.5 Å². The number of nitrogens with zero attached hydrogens (tertiary/aromatic N) is 1. The summed E-state index contributed by atoms with van der Waals surface area (Å²) in [5, 5.41) is 0. The standard InChI is InChI=1S/C10H18N2OS/c1-8(2)6-13-12-5-4-10-9(3)11-7-14-10/h7-8,12H,4-6H2,1-3H3. The third-order valence-electron chi connectivity index (χ3n) is 1.82. The van der Waals surface area contributed by atoms with Crippen molar-refractivity contribution in [2.75, 3.05) is 13.2 Å². The summed E-state index contributed by atoms with van der Waals surface area (Å²) < 4.78 is 0. The Hall–Kier alpha value is -0.450. The molecule has 1 N–H and O–H groups in total. The van der Waals surface area contributed by atoms with E-state index in [1.807, 2.05) is 12.4 Å². The van der Waals surface area contributed by atoms with E-state index in [-0.39, 0.29) is 0 Å². The van der Waals surface area contributed by atoms with E-state index in [9.17, 15) is 0 Å². The first-order valence-corrected chi connectivity index (χ1v) is 5.81. The lowest BCUT2D eigenvalue weighted by atomic mass is 10.2. The van der Waals surface area contributed by atoms with Crippen LogP contribution in [-0.4, -0.2) is 18.1 Å². The van der Waals surface area contributed by atoms with Gasteiger partial charge in [0.1, 0.15) is 0 Å². The molecule has 0 radical (unpaired) electrons. The van der Waals surface area contributed by atoms with E-state index < -0.39 is 0 Å². The van der Waals surface area contributed by atoms with Crippen LogP contribution in [-0.2, 0) is 11.3 Å². The van der Waals surface area contributed by atoms with Crippen LogP contribution in [0.2, 0.25) is 0 Å². The largest absolute Gasteiger partial charge is 0.302 e. The Morgan fingerprint density at radius 2 is 2.36 bits per heavy atom. The average Bonchev–Trinajstić information content (AvgIpc) is 2.51. The van der Waals surface area contributed by atoms with E-state index in [1.165, 1.54) is 4.88 Å². The summed E-state index contributed by atoms with van der Waals surface area (Å²) >= 11 is 1.71. The first-order chi connectivity index (χ1) is 6.70. The zero-order valence-corrected chi connectivity index (χ0v) is 9.86. The summed E-state index contributed by atoms with van der Waals surface area (Å²) in [5.41, 5.74) is 5.99. The lowest BCUT2D eigenvalue weighted by molar-refractivity contribution is 0.0247. The minimum absolute atomic E-state index is 0.577. The van der Waals surface area contributed by atoms with Crippen LogP contribution >= 0.6 is 11.3 Å². The van der Waals surface area contributed by atoms with Crippen LogP contribution in [0.3, 0.4) is 0 Å². The molecule has 0 bridgehead atoms. The predicted octanol–water partition coefficient (Wildman–Crippen LogP) is 2.17. The molecule has 0 amide bonds. The molecule has 14 heavy (non-hydrogen) atoms. The number of thiazole rings is 1. The first kappa shape index (κ1) is 11.6. The molecule has 0 aliphatic heterocycles. The van der Waals surface area contributed by atoms with Crippen molar-refractivity contribution in [1.29, 1.82) is 0 Å². The average molecular weight is 214 g/mol. The van der Waals surface area contributed by atoms with Crippen molar-refractivity contribution in [1.82, 2.24) is 10.5 Å². The number of hydroxylamine groups is 1. The molecule has 0 aliphatic rings. The zero-order valence-electron chi connectivity index (χ0n) is 9.04. The molecule has 0 saturated heterocycles. The molecule has 80 valence electrons. The van der Waals surface area contributed by atoms with Gasteiger partial charge in [-0.05, 0) is 19.3 Å². The summed E-state index contributed by atoms with van der Waals surface area (Å²) in [7, 11) is 0. The second-order valence-corrected chi connectivity index (χ2v) is 4.65. The summed E-state index contributed by atoms with van der Waals surface area (Å²) in [6, 6.07) is 0. The molecule has 1 heterocycles. The lowest BCUT2D eigenvalue weighted by Gasteiger charge is -2.07. The highest BCUT2D eigenvalue weighted by Gasteiger charge is 2.00. The highest BCUT2D eigenvalue weighted by Crippen LogP contribution is 2.11. The van der Waals surface area contributed by atoms with Crippen molar-refractivity contribution >= 4 is 11.3 Å². The molecule has 0 atom stereocenters. The predicted molar refractivity (Wildman–Crippen MR) is 59.3 cm³/mol. The van der Waals surface area contributed by atoms with Crippen molar-refractivity contribution in [2.24, 2.45) is 5.92 Å². The van der Waals surface area contributed by atoms with E-state index >= 15 is 0 Å². The number of nitrogens with one attached hydrogen (secondary N) is 1. The van der Waals surface area contributed by atoms with Crippen LogP contribution in [0.25, 0.3) is 0 Å². The fourth-order valence-corrected chi connectivity index (χ4v) is 1.81. The maximum atomic E-state index is 5.27. The lowest BCUT2D eigenvalue weighted by Crippen LogP contribution is -2.20. The van der Waals surface area contributed by atoms with E-state index in [4.69, 9.17) is 4.84 Å². The van der Waals surface area contributed by atoms with E-state index in [1.54, 1.807) is 11.3 Å². The maximum Gasteiger partial charge on any atom is 0.0797 e. The maximum absolute atomic E-state index is 5.27. The van der Waals surface area contributed by atoms with E-state index in [0.29, 0.717) is 5.92 Å². The molecule has 1 aromatic rings. The van der Waals surface area contributed by atoms with Crippen LogP contribution in [0, 0.1) is 12.8 Å². The number of aryl methyl sites for hydroxylation is 1. The topological polar surface area (TPSA) is 34.2 Å². The molecule has 0 unspecified atom stereocenters. The number of rotatable bonds is 6. The third kappa shape index (κ3) is 4.17. The highest BCUT2D eigenvalue weighted by molar-refractivity contribution is 7.09. The van der Waals surface area contributed by atoms with Crippen LogP contribution in [0.4, 0.5) is 0 Å². The number of hydrogen-bond acceptors (Lipinski definition) is 4. The first-order valence-electron chi connectivity index (χ1n) is 4.93. The van der Waals surface area contributed by atoms with Crippen molar-refractivity contribution in [3.8, 4) is 0 Å². The summed E-state index contributed by atoms with van der Waals surface area (Å²) in [6.07, 6.45) is 0.995. The minimum Gasteiger partial charge on any atom is -0.302 e. The van der Waals surface area contributed by atoms with Gasteiger partial charge >= 0.3 is 0 Å². The monoisotopic (exact) mass is 214 g/mol. The fourth-order valence-electron chi connectivity index (χ4n) is 1.03. The van der Waals surface area contributed by atoms with E-state index in [2.05, 4.69) is 24.3 Å². The Morgan fingerprint density at radius 3 is 2.93 bits per heavy atom. The Kier molecular flexibility index (Phi) is 5.07. The van der Waals surface area contributed by atoms with Crippen LogP contribution in [0.15, 0.2) is 5.51 Å². The van der Waals surface area contributed by atoms with Crippen molar-refractivity contribution in [3.63, 3.8) is 0 Å². The van der Waals surface area contributed by atoms with Gasteiger partial charge in [0.2, 0.25) is 0 Å². The summed E-state index contributed by atoms with van der Waals surface area (Å²) in [6.45, 7) is 7.93. The quantitative estimate of drug-likeness (QED) is 0.582. The van der Waals surface area contributed by atoms with Crippen molar-refractivity contribution in [3.05, 3.63) is 16.1 Å².